The predicted octanol–water partition coefficient (Wildman–Crippen LogP) is 4.42. The second kappa shape index (κ2) is 12.7. The zero-order valence-electron chi connectivity index (χ0n) is 18.2. The van der Waals surface area contributed by atoms with E-state index in [0.717, 1.165) is 11.3 Å². The Bertz CT molecular complexity index is 803. The molecule has 1 N–H and O–H groups in total. The van der Waals surface area contributed by atoms with E-state index in [1.54, 1.807) is 13.2 Å². The van der Waals surface area contributed by atoms with Crippen LogP contribution in [0.25, 0.3) is 6.08 Å². The van der Waals surface area contributed by atoms with Gasteiger partial charge in [-0.3, -0.25) is 4.90 Å². The van der Waals surface area contributed by atoms with Gasteiger partial charge in [0.15, 0.2) is 11.5 Å². The van der Waals surface area contributed by atoms with Crippen LogP contribution in [0.4, 0.5) is 0 Å². The summed E-state index contributed by atoms with van der Waals surface area (Å²) in [6, 6.07) is 15.6. The minimum atomic E-state index is -0.625. The number of aliphatic hydroxyl groups is 1. The highest BCUT2D eigenvalue weighted by atomic mass is 16.5. The molecule has 0 fully saturated rings. The number of ether oxygens (including phenoxy) is 3. The fourth-order valence-electron chi connectivity index (χ4n) is 2.96. The lowest BCUT2D eigenvalue weighted by molar-refractivity contribution is 0.0612. The maximum atomic E-state index is 10.5. The highest BCUT2D eigenvalue weighted by Crippen LogP contribution is 2.26. The Morgan fingerprint density at radius 2 is 1.63 bits per heavy atom. The zero-order valence-corrected chi connectivity index (χ0v) is 18.2. The van der Waals surface area contributed by atoms with Gasteiger partial charge >= 0.3 is 0 Å². The molecular weight excluding hydrogens is 378 g/mol. The molecule has 0 aliphatic heterocycles. The van der Waals surface area contributed by atoms with Crippen LogP contribution in [0.5, 0.6) is 17.2 Å². The van der Waals surface area contributed by atoms with E-state index in [0.29, 0.717) is 31.2 Å². The van der Waals surface area contributed by atoms with E-state index in [2.05, 4.69) is 31.4 Å². The highest BCUT2D eigenvalue weighted by molar-refractivity contribution is 5.57. The molecule has 30 heavy (non-hydrogen) atoms. The van der Waals surface area contributed by atoms with Crippen LogP contribution in [0, 0.1) is 0 Å². The lowest BCUT2D eigenvalue weighted by Gasteiger charge is -2.27. The first-order valence-corrected chi connectivity index (χ1v) is 10.2. The summed E-state index contributed by atoms with van der Waals surface area (Å²) in [6.07, 6.45) is 5.19. The predicted molar refractivity (Wildman–Crippen MR) is 122 cm³/mol. The Hall–Kier alpha value is -2.76. The summed E-state index contributed by atoms with van der Waals surface area (Å²) in [5, 5.41) is 10.5. The third-order valence-electron chi connectivity index (χ3n) is 4.59. The molecule has 1 unspecified atom stereocenters. The molecule has 5 nitrogen and oxygen atoms in total. The van der Waals surface area contributed by atoms with Crippen LogP contribution >= 0.6 is 0 Å². The molecule has 2 rings (SSSR count). The monoisotopic (exact) mass is 411 g/mol. The van der Waals surface area contributed by atoms with Crippen LogP contribution in [0.3, 0.4) is 0 Å². The molecule has 2 aromatic carbocycles. The van der Waals surface area contributed by atoms with Gasteiger partial charge in [0.2, 0.25) is 0 Å². The molecule has 0 aromatic heterocycles. The van der Waals surface area contributed by atoms with Crippen molar-refractivity contribution in [3.05, 3.63) is 72.8 Å². The molecule has 0 amide bonds. The Morgan fingerprint density at radius 3 is 2.27 bits per heavy atom. The largest absolute Gasteiger partial charge is 0.496 e. The van der Waals surface area contributed by atoms with Crippen LogP contribution in [-0.2, 0) is 0 Å². The van der Waals surface area contributed by atoms with Crippen LogP contribution in [-0.4, -0.2) is 55.6 Å². The molecule has 0 bridgehead atoms. The van der Waals surface area contributed by atoms with Crippen molar-refractivity contribution < 1.29 is 19.3 Å². The van der Waals surface area contributed by atoms with E-state index >= 15 is 0 Å². The smallest absolute Gasteiger partial charge is 0.161 e. The molecule has 162 valence electrons. The number of rotatable bonds is 13. The number of aliphatic hydroxyl groups excluding tert-OH is 1. The normalized spacial score (nSPS) is 12.3. The minimum absolute atomic E-state index is 0.188. The summed E-state index contributed by atoms with van der Waals surface area (Å²) < 4.78 is 16.8. The van der Waals surface area contributed by atoms with Crippen molar-refractivity contribution in [2.45, 2.75) is 26.0 Å². The van der Waals surface area contributed by atoms with Crippen molar-refractivity contribution in [3.8, 4) is 17.2 Å². The summed E-state index contributed by atoms with van der Waals surface area (Å²) in [7, 11) is 1.67. The molecule has 2 aromatic rings. The first kappa shape index (κ1) is 23.5. The second-order valence-corrected chi connectivity index (χ2v) is 7.20. The molecule has 0 radical (unpaired) electrons. The van der Waals surface area contributed by atoms with Crippen LogP contribution < -0.4 is 14.2 Å². The summed E-state index contributed by atoms with van der Waals surface area (Å²) in [4.78, 5) is 2.19. The van der Waals surface area contributed by atoms with Crippen molar-refractivity contribution in [1.29, 1.82) is 0 Å². The van der Waals surface area contributed by atoms with Crippen molar-refractivity contribution in [2.75, 3.05) is 33.4 Å². The first-order chi connectivity index (χ1) is 14.5. The average molecular weight is 412 g/mol. The van der Waals surface area contributed by atoms with Gasteiger partial charge in [0.25, 0.3) is 0 Å². The minimum Gasteiger partial charge on any atom is -0.496 e. The van der Waals surface area contributed by atoms with Crippen LogP contribution in [0.2, 0.25) is 0 Å². The number of nitrogens with zero attached hydrogens (tertiary/aromatic N) is 1. The molecule has 0 saturated carbocycles. The summed E-state index contributed by atoms with van der Waals surface area (Å²) in [5.74, 6) is 2.10. The SMILES string of the molecule is C=CCOc1ccccc1OCC(O)CN(CC=Cc1ccccc1OC)C(C)C. The fraction of sp³-hybridized carbons (Fsp3) is 0.360. The van der Waals surface area contributed by atoms with Gasteiger partial charge in [-0.05, 0) is 32.0 Å². The van der Waals surface area contributed by atoms with Gasteiger partial charge in [-0.1, -0.05) is 55.1 Å². The van der Waals surface area contributed by atoms with Gasteiger partial charge in [0, 0.05) is 24.7 Å². The number of methoxy groups -OCH3 is 1. The number of benzene rings is 2. The fourth-order valence-corrected chi connectivity index (χ4v) is 2.96. The molecule has 1 atom stereocenters. The Labute approximate surface area is 180 Å². The quantitative estimate of drug-likeness (QED) is 0.495. The van der Waals surface area contributed by atoms with Gasteiger partial charge in [-0.2, -0.15) is 0 Å². The van der Waals surface area contributed by atoms with Gasteiger partial charge in [-0.15, -0.1) is 0 Å². The standard InChI is InChI=1S/C25H33NO4/c1-5-17-29-24-14-8-9-15-25(24)30-19-22(27)18-26(20(2)3)16-10-12-21-11-6-7-13-23(21)28-4/h5-15,20,22,27H,1,16-19H2,2-4H3. The number of para-hydroxylation sites is 3. The molecule has 5 heteroatoms. The second-order valence-electron chi connectivity index (χ2n) is 7.20. The summed E-state index contributed by atoms with van der Waals surface area (Å²) >= 11 is 0. The van der Waals surface area contributed by atoms with E-state index in [-0.39, 0.29) is 12.6 Å². The van der Waals surface area contributed by atoms with Gasteiger partial charge < -0.3 is 19.3 Å². The van der Waals surface area contributed by atoms with E-state index < -0.39 is 6.10 Å². The molecule has 0 aliphatic rings. The van der Waals surface area contributed by atoms with Gasteiger partial charge in [0.1, 0.15) is 25.1 Å². The van der Waals surface area contributed by atoms with E-state index in [1.165, 1.54) is 0 Å². The van der Waals surface area contributed by atoms with Gasteiger partial charge in [-0.25, -0.2) is 0 Å². The molecule has 0 aliphatic carbocycles. The highest BCUT2D eigenvalue weighted by Gasteiger charge is 2.15. The average Bonchev–Trinajstić information content (AvgIpc) is 2.76. The number of hydrogen-bond donors (Lipinski definition) is 1. The third-order valence-corrected chi connectivity index (χ3v) is 4.59. The van der Waals surface area contributed by atoms with E-state index in [9.17, 15) is 5.11 Å². The van der Waals surface area contributed by atoms with Crippen LogP contribution in [0.15, 0.2) is 67.3 Å². The molecule has 0 spiro atoms. The summed E-state index contributed by atoms with van der Waals surface area (Å²) in [5.41, 5.74) is 1.03. The third kappa shape index (κ3) is 7.58. The molecule has 0 heterocycles. The maximum absolute atomic E-state index is 10.5. The van der Waals surface area contributed by atoms with Crippen molar-refractivity contribution >= 4 is 6.08 Å². The lowest BCUT2D eigenvalue weighted by Crippen LogP contribution is -2.39. The van der Waals surface area contributed by atoms with Crippen molar-refractivity contribution in [1.82, 2.24) is 4.90 Å². The van der Waals surface area contributed by atoms with Crippen molar-refractivity contribution in [3.63, 3.8) is 0 Å². The zero-order chi connectivity index (χ0) is 21.8. The summed E-state index contributed by atoms with van der Waals surface area (Å²) in [6.45, 7) is 9.70. The first-order valence-electron chi connectivity index (χ1n) is 10.2. The van der Waals surface area contributed by atoms with Crippen LogP contribution in [0.1, 0.15) is 19.4 Å². The Kier molecular flexibility index (Phi) is 9.98. The van der Waals surface area contributed by atoms with E-state index in [4.69, 9.17) is 14.2 Å². The number of hydrogen-bond acceptors (Lipinski definition) is 5. The van der Waals surface area contributed by atoms with Gasteiger partial charge in [0.05, 0.1) is 7.11 Å². The maximum Gasteiger partial charge on any atom is 0.161 e. The Morgan fingerprint density at radius 1 is 1.00 bits per heavy atom. The van der Waals surface area contributed by atoms with Crippen molar-refractivity contribution in [2.24, 2.45) is 0 Å². The lowest BCUT2D eigenvalue weighted by atomic mass is 10.2. The molecular formula is C25H33NO4. The molecule has 0 saturated heterocycles. The van der Waals surface area contributed by atoms with E-state index in [1.807, 2.05) is 54.6 Å². The topological polar surface area (TPSA) is 51.2 Å². The Balaban J connectivity index is 1.90.